The van der Waals surface area contributed by atoms with Gasteiger partial charge in [-0.05, 0) is 79.4 Å². The quantitative estimate of drug-likeness (QED) is 0.459. The molecule has 1 fully saturated rings. The summed E-state index contributed by atoms with van der Waals surface area (Å²) in [7, 11) is -3.67. The third-order valence-electron chi connectivity index (χ3n) is 7.58. The summed E-state index contributed by atoms with van der Waals surface area (Å²) in [5, 5.41) is 2.06. The van der Waals surface area contributed by atoms with E-state index in [0.29, 0.717) is 37.5 Å². The normalized spacial score (nSPS) is 19.3. The highest BCUT2D eigenvalue weighted by Crippen LogP contribution is 2.38. The number of sulfonamides is 1. The Bertz CT molecular complexity index is 1430. The van der Waals surface area contributed by atoms with Gasteiger partial charge in [-0.2, -0.15) is 4.31 Å². The standard InChI is InChI=1S/C29H34FN3O3S2/c1-20-16-21(2)29(22(3)17-20)38(35,36)33-11-5-10-31(13-14-33)27(34)19-32-12-8-26-25(9-15-37-26)28(32)23-6-4-7-24(30)18-23/h4,6-7,9,15-18,28H,5,8,10-14,19H2,1-3H3. The van der Waals surface area contributed by atoms with Crippen molar-refractivity contribution in [2.24, 2.45) is 0 Å². The van der Waals surface area contributed by atoms with Crippen molar-refractivity contribution in [2.75, 3.05) is 39.3 Å². The van der Waals surface area contributed by atoms with Gasteiger partial charge in [0, 0.05) is 37.6 Å². The van der Waals surface area contributed by atoms with Gasteiger partial charge in [0.05, 0.1) is 17.5 Å². The average Bonchev–Trinajstić information content (AvgIpc) is 3.17. The van der Waals surface area contributed by atoms with Crippen molar-refractivity contribution in [2.45, 2.75) is 44.6 Å². The maximum Gasteiger partial charge on any atom is 0.243 e. The minimum absolute atomic E-state index is 0.0213. The third-order valence-corrected chi connectivity index (χ3v) is 10.8. The van der Waals surface area contributed by atoms with E-state index in [0.717, 1.165) is 34.2 Å². The first-order chi connectivity index (χ1) is 18.1. The number of thiophene rings is 1. The fourth-order valence-corrected chi connectivity index (χ4v) is 8.75. The van der Waals surface area contributed by atoms with Crippen molar-refractivity contribution in [3.63, 3.8) is 0 Å². The van der Waals surface area contributed by atoms with Crippen LogP contribution < -0.4 is 0 Å². The second-order valence-corrected chi connectivity index (χ2v) is 13.2. The molecule has 0 spiro atoms. The van der Waals surface area contributed by atoms with E-state index in [2.05, 4.69) is 16.3 Å². The van der Waals surface area contributed by atoms with Crippen LogP contribution in [-0.4, -0.2) is 67.7 Å². The van der Waals surface area contributed by atoms with Gasteiger partial charge in [-0.25, -0.2) is 12.8 Å². The molecule has 9 heteroatoms. The zero-order valence-electron chi connectivity index (χ0n) is 22.1. The monoisotopic (exact) mass is 555 g/mol. The van der Waals surface area contributed by atoms with E-state index in [1.165, 1.54) is 15.2 Å². The Kier molecular flexibility index (Phi) is 7.73. The van der Waals surface area contributed by atoms with Crippen molar-refractivity contribution in [3.05, 3.63) is 86.4 Å². The first-order valence-electron chi connectivity index (χ1n) is 13.1. The zero-order chi connectivity index (χ0) is 27.0. The zero-order valence-corrected chi connectivity index (χ0v) is 23.7. The fourth-order valence-electron chi connectivity index (χ4n) is 5.97. The van der Waals surface area contributed by atoms with E-state index >= 15 is 0 Å². The molecular formula is C29H34FN3O3S2. The van der Waals surface area contributed by atoms with Gasteiger partial charge < -0.3 is 4.90 Å². The van der Waals surface area contributed by atoms with Crippen molar-refractivity contribution in [1.82, 2.24) is 14.1 Å². The molecular weight excluding hydrogens is 521 g/mol. The number of benzene rings is 2. The van der Waals surface area contributed by atoms with Crippen LogP contribution in [0.5, 0.6) is 0 Å². The Morgan fingerprint density at radius 3 is 2.50 bits per heavy atom. The molecule has 0 saturated carbocycles. The number of hydrogen-bond donors (Lipinski definition) is 0. The second kappa shape index (κ2) is 10.9. The number of carbonyl (C=O) groups excluding carboxylic acids is 1. The van der Waals surface area contributed by atoms with E-state index in [4.69, 9.17) is 0 Å². The Morgan fingerprint density at radius 1 is 1.00 bits per heavy atom. The Morgan fingerprint density at radius 2 is 1.76 bits per heavy atom. The molecule has 6 nitrogen and oxygen atoms in total. The Labute approximate surface area is 228 Å². The van der Waals surface area contributed by atoms with Crippen molar-refractivity contribution in [1.29, 1.82) is 0 Å². The lowest BCUT2D eigenvalue weighted by Gasteiger charge is -2.37. The predicted molar refractivity (Wildman–Crippen MR) is 148 cm³/mol. The van der Waals surface area contributed by atoms with E-state index < -0.39 is 10.0 Å². The molecule has 38 heavy (non-hydrogen) atoms. The summed E-state index contributed by atoms with van der Waals surface area (Å²) in [6, 6.07) is 12.3. The van der Waals surface area contributed by atoms with Crippen molar-refractivity contribution >= 4 is 27.3 Å². The second-order valence-electron chi connectivity index (χ2n) is 10.3. The maximum atomic E-state index is 14.1. The van der Waals surface area contributed by atoms with Gasteiger partial charge in [-0.3, -0.25) is 9.69 Å². The van der Waals surface area contributed by atoms with Gasteiger partial charge in [0.15, 0.2) is 0 Å². The topological polar surface area (TPSA) is 60.9 Å². The molecule has 0 aliphatic carbocycles. The number of rotatable bonds is 5. The molecule has 1 aromatic heterocycles. The molecule has 5 rings (SSSR count). The predicted octanol–water partition coefficient (Wildman–Crippen LogP) is 4.68. The SMILES string of the molecule is Cc1cc(C)c(S(=O)(=O)N2CCCN(C(=O)CN3CCc4sccc4C3c3cccc(F)c3)CC2)c(C)c1. The summed E-state index contributed by atoms with van der Waals surface area (Å²) in [5.74, 6) is -0.309. The van der Waals surface area contributed by atoms with Crippen LogP contribution in [0, 0.1) is 26.6 Å². The van der Waals surface area contributed by atoms with Gasteiger partial charge >= 0.3 is 0 Å². The highest BCUT2D eigenvalue weighted by molar-refractivity contribution is 7.89. The van der Waals surface area contributed by atoms with Gasteiger partial charge in [0.25, 0.3) is 0 Å². The van der Waals surface area contributed by atoms with Crippen LogP contribution in [0.3, 0.4) is 0 Å². The summed E-state index contributed by atoms with van der Waals surface area (Å²) >= 11 is 1.70. The molecule has 1 saturated heterocycles. The van der Waals surface area contributed by atoms with Gasteiger partial charge in [-0.1, -0.05) is 29.8 Å². The minimum atomic E-state index is -3.67. The molecule has 0 N–H and O–H groups in total. The smallest absolute Gasteiger partial charge is 0.243 e. The van der Waals surface area contributed by atoms with Gasteiger partial charge in [0.1, 0.15) is 5.82 Å². The summed E-state index contributed by atoms with van der Waals surface area (Å²) in [6.07, 6.45) is 1.43. The summed E-state index contributed by atoms with van der Waals surface area (Å²) in [4.78, 5) is 19.1. The average molecular weight is 556 g/mol. The van der Waals surface area contributed by atoms with E-state index in [-0.39, 0.29) is 30.9 Å². The van der Waals surface area contributed by atoms with Gasteiger partial charge in [0.2, 0.25) is 15.9 Å². The van der Waals surface area contributed by atoms with Crippen molar-refractivity contribution < 1.29 is 17.6 Å². The first kappa shape index (κ1) is 27.0. The van der Waals surface area contributed by atoms with Crippen LogP contribution >= 0.6 is 11.3 Å². The lowest BCUT2D eigenvalue weighted by molar-refractivity contribution is -0.132. The lowest BCUT2D eigenvalue weighted by Crippen LogP contribution is -2.45. The molecule has 0 radical (unpaired) electrons. The molecule has 2 aliphatic rings. The number of amides is 1. The molecule has 3 aromatic rings. The molecule has 202 valence electrons. The molecule has 0 bridgehead atoms. The first-order valence-corrected chi connectivity index (χ1v) is 15.4. The van der Waals surface area contributed by atoms with Crippen molar-refractivity contribution in [3.8, 4) is 0 Å². The Hall–Kier alpha value is -2.59. The highest BCUT2D eigenvalue weighted by atomic mass is 32.2. The van der Waals surface area contributed by atoms with Crippen LogP contribution in [0.15, 0.2) is 52.7 Å². The summed E-state index contributed by atoms with van der Waals surface area (Å²) < 4.78 is 42.8. The molecule has 1 atom stereocenters. The molecule has 2 aromatic carbocycles. The highest BCUT2D eigenvalue weighted by Gasteiger charge is 2.34. The molecule has 2 aliphatic heterocycles. The fraction of sp³-hybridized carbons (Fsp3) is 0.414. The molecule has 3 heterocycles. The van der Waals surface area contributed by atoms with Crippen LogP contribution in [-0.2, 0) is 21.2 Å². The minimum Gasteiger partial charge on any atom is -0.340 e. The lowest BCUT2D eigenvalue weighted by atomic mass is 9.93. The number of fused-ring (bicyclic) bond motifs is 1. The number of carbonyl (C=O) groups is 1. The van der Waals surface area contributed by atoms with Gasteiger partial charge in [-0.15, -0.1) is 11.3 Å². The number of aryl methyl sites for hydroxylation is 3. The molecule has 1 amide bonds. The van der Waals surface area contributed by atoms with E-state index in [1.807, 2.05) is 39.0 Å². The largest absolute Gasteiger partial charge is 0.340 e. The Balaban J connectivity index is 1.31. The van der Waals surface area contributed by atoms with E-state index in [9.17, 15) is 17.6 Å². The molecule has 1 unspecified atom stereocenters. The number of hydrogen-bond acceptors (Lipinski definition) is 5. The number of halogens is 1. The summed E-state index contributed by atoms with van der Waals surface area (Å²) in [6.45, 7) is 8.07. The van der Waals surface area contributed by atoms with Crippen LogP contribution in [0.2, 0.25) is 0 Å². The summed E-state index contributed by atoms with van der Waals surface area (Å²) in [5.41, 5.74) is 4.52. The number of nitrogens with zero attached hydrogens (tertiary/aromatic N) is 3. The third kappa shape index (κ3) is 5.30. The van der Waals surface area contributed by atoms with Crippen LogP contribution in [0.4, 0.5) is 4.39 Å². The van der Waals surface area contributed by atoms with E-state index in [1.54, 1.807) is 28.4 Å². The maximum absolute atomic E-state index is 14.1. The van der Waals surface area contributed by atoms with Crippen LogP contribution in [0.25, 0.3) is 0 Å². The van der Waals surface area contributed by atoms with Crippen LogP contribution in [0.1, 0.15) is 45.2 Å².